The smallest absolute Gasteiger partial charge is 0.169 e. The van der Waals surface area contributed by atoms with Crippen LogP contribution in [0, 0.1) is 0 Å². The summed E-state index contributed by atoms with van der Waals surface area (Å²) in [5.41, 5.74) is 1.25. The van der Waals surface area contributed by atoms with Crippen molar-refractivity contribution in [1.29, 1.82) is 0 Å². The van der Waals surface area contributed by atoms with Gasteiger partial charge in [0.15, 0.2) is 4.67 Å². The first-order valence-corrected chi connectivity index (χ1v) is 5.98. The molecule has 2 aromatic heterocycles. The van der Waals surface area contributed by atoms with Gasteiger partial charge in [-0.05, 0) is 45.8 Å². The lowest BCUT2D eigenvalue weighted by Crippen LogP contribution is -2.16. The largest absolute Gasteiger partial charge is 0.454 e. The second-order valence-electron chi connectivity index (χ2n) is 3.49. The average molecular weight is 281 g/mol. The lowest BCUT2D eigenvalue weighted by Gasteiger charge is -2.02. The molecule has 0 unspecified atom stereocenters. The monoisotopic (exact) mass is 280 g/mol. The van der Waals surface area contributed by atoms with E-state index in [1.807, 2.05) is 24.3 Å². The third-order valence-corrected chi connectivity index (χ3v) is 2.68. The summed E-state index contributed by atoms with van der Waals surface area (Å²) >= 11 is 3.28. The van der Waals surface area contributed by atoms with Crippen molar-refractivity contribution in [2.75, 3.05) is 6.54 Å². The van der Waals surface area contributed by atoms with Crippen molar-refractivity contribution in [3.8, 4) is 0 Å². The van der Waals surface area contributed by atoms with Gasteiger partial charge in [-0.3, -0.25) is 4.98 Å². The number of nitrogens with zero attached hydrogens (tertiary/aromatic N) is 1. The van der Waals surface area contributed by atoms with Gasteiger partial charge in [0.25, 0.3) is 0 Å². The molecule has 2 rings (SSSR count). The van der Waals surface area contributed by atoms with Crippen molar-refractivity contribution >= 4 is 15.9 Å². The summed E-state index contributed by atoms with van der Waals surface area (Å²) in [6.07, 6.45) is 4.51. The first kappa shape index (κ1) is 11.4. The molecule has 3 nitrogen and oxygen atoms in total. The lowest BCUT2D eigenvalue weighted by molar-refractivity contribution is 0.479. The number of hydrogen-bond donors (Lipinski definition) is 1. The maximum atomic E-state index is 5.40. The zero-order valence-corrected chi connectivity index (χ0v) is 10.4. The van der Waals surface area contributed by atoms with Crippen LogP contribution in [0.2, 0.25) is 0 Å². The van der Waals surface area contributed by atoms with E-state index in [9.17, 15) is 0 Å². The lowest BCUT2D eigenvalue weighted by atomic mass is 10.2. The van der Waals surface area contributed by atoms with E-state index in [-0.39, 0.29) is 0 Å². The van der Waals surface area contributed by atoms with Crippen LogP contribution in [0.25, 0.3) is 0 Å². The predicted octanol–water partition coefficient (Wildman–Crippen LogP) is 2.77. The topological polar surface area (TPSA) is 38.1 Å². The van der Waals surface area contributed by atoms with E-state index in [0.29, 0.717) is 0 Å². The van der Waals surface area contributed by atoms with Gasteiger partial charge in [-0.2, -0.15) is 0 Å². The average Bonchev–Trinajstić information content (AvgIpc) is 2.72. The van der Waals surface area contributed by atoms with Crippen LogP contribution >= 0.6 is 15.9 Å². The van der Waals surface area contributed by atoms with Crippen LogP contribution < -0.4 is 5.32 Å². The first-order chi connectivity index (χ1) is 7.84. The van der Waals surface area contributed by atoms with Crippen LogP contribution in [0.3, 0.4) is 0 Å². The standard InChI is InChI=1S/C12H13BrN2O/c13-12-2-1-11(16-12)5-8-15-9-10-3-6-14-7-4-10/h1-4,6-7,15H,5,8-9H2. The molecule has 2 aromatic rings. The Morgan fingerprint density at radius 3 is 2.69 bits per heavy atom. The van der Waals surface area contributed by atoms with E-state index >= 15 is 0 Å². The van der Waals surface area contributed by atoms with Gasteiger partial charge < -0.3 is 9.73 Å². The Morgan fingerprint density at radius 1 is 1.19 bits per heavy atom. The molecule has 0 aliphatic rings. The number of furan rings is 1. The van der Waals surface area contributed by atoms with Crippen molar-refractivity contribution in [2.45, 2.75) is 13.0 Å². The molecule has 0 fully saturated rings. The van der Waals surface area contributed by atoms with Crippen LogP contribution in [0.5, 0.6) is 0 Å². The van der Waals surface area contributed by atoms with E-state index in [4.69, 9.17) is 4.42 Å². The number of rotatable bonds is 5. The van der Waals surface area contributed by atoms with Crippen molar-refractivity contribution in [1.82, 2.24) is 10.3 Å². The molecule has 0 amide bonds. The molecule has 0 aromatic carbocycles. The molecule has 4 heteroatoms. The fourth-order valence-corrected chi connectivity index (χ4v) is 1.77. The number of pyridine rings is 1. The highest BCUT2D eigenvalue weighted by atomic mass is 79.9. The van der Waals surface area contributed by atoms with Crippen molar-refractivity contribution in [2.24, 2.45) is 0 Å². The molecule has 0 atom stereocenters. The van der Waals surface area contributed by atoms with Gasteiger partial charge in [-0.1, -0.05) is 0 Å². The summed E-state index contributed by atoms with van der Waals surface area (Å²) in [6.45, 7) is 1.77. The van der Waals surface area contributed by atoms with Crippen LogP contribution in [0.1, 0.15) is 11.3 Å². The Bertz CT molecular complexity index is 428. The van der Waals surface area contributed by atoms with Crippen LogP contribution in [0.4, 0.5) is 0 Å². The fourth-order valence-electron chi connectivity index (χ4n) is 1.43. The number of nitrogens with one attached hydrogen (secondary N) is 1. The molecule has 0 spiro atoms. The maximum absolute atomic E-state index is 5.40. The van der Waals surface area contributed by atoms with E-state index in [2.05, 4.69) is 26.2 Å². The molecule has 0 aliphatic heterocycles. The van der Waals surface area contributed by atoms with Gasteiger partial charge in [-0.25, -0.2) is 0 Å². The van der Waals surface area contributed by atoms with Crippen molar-refractivity contribution in [3.63, 3.8) is 0 Å². The zero-order chi connectivity index (χ0) is 11.2. The predicted molar refractivity (Wildman–Crippen MR) is 66.1 cm³/mol. The van der Waals surface area contributed by atoms with E-state index in [1.54, 1.807) is 12.4 Å². The van der Waals surface area contributed by atoms with Crippen LogP contribution in [0.15, 0.2) is 45.7 Å². The Kier molecular flexibility index (Phi) is 4.13. The zero-order valence-electron chi connectivity index (χ0n) is 8.82. The number of hydrogen-bond acceptors (Lipinski definition) is 3. The second kappa shape index (κ2) is 5.82. The summed E-state index contributed by atoms with van der Waals surface area (Å²) in [5, 5.41) is 3.36. The summed E-state index contributed by atoms with van der Waals surface area (Å²) in [4.78, 5) is 3.98. The first-order valence-electron chi connectivity index (χ1n) is 5.18. The highest BCUT2D eigenvalue weighted by Crippen LogP contribution is 2.13. The SMILES string of the molecule is Brc1ccc(CCNCc2ccncc2)o1. The number of halogens is 1. The van der Waals surface area contributed by atoms with Gasteiger partial charge in [0, 0.05) is 31.9 Å². The molecular formula is C12H13BrN2O. The summed E-state index contributed by atoms with van der Waals surface area (Å²) in [7, 11) is 0. The molecule has 0 bridgehead atoms. The van der Waals surface area contributed by atoms with Gasteiger partial charge in [0.1, 0.15) is 5.76 Å². The Morgan fingerprint density at radius 2 is 2.00 bits per heavy atom. The summed E-state index contributed by atoms with van der Waals surface area (Å²) in [5.74, 6) is 0.995. The molecule has 2 heterocycles. The molecule has 16 heavy (non-hydrogen) atoms. The summed E-state index contributed by atoms with van der Waals surface area (Å²) in [6, 6.07) is 7.92. The third kappa shape index (κ3) is 3.47. The second-order valence-corrected chi connectivity index (χ2v) is 4.27. The highest BCUT2D eigenvalue weighted by molar-refractivity contribution is 9.10. The Balaban J connectivity index is 1.69. The van der Waals surface area contributed by atoms with E-state index < -0.39 is 0 Å². The number of aromatic nitrogens is 1. The third-order valence-electron chi connectivity index (χ3n) is 2.26. The van der Waals surface area contributed by atoms with Crippen molar-refractivity contribution < 1.29 is 4.42 Å². The highest BCUT2D eigenvalue weighted by Gasteiger charge is 1.98. The van der Waals surface area contributed by atoms with E-state index in [0.717, 1.165) is 29.9 Å². The van der Waals surface area contributed by atoms with Crippen molar-refractivity contribution in [3.05, 3.63) is 52.7 Å². The maximum Gasteiger partial charge on any atom is 0.169 e. The molecular weight excluding hydrogens is 268 g/mol. The minimum atomic E-state index is 0.789. The minimum Gasteiger partial charge on any atom is -0.454 e. The minimum absolute atomic E-state index is 0.789. The fraction of sp³-hybridized carbons (Fsp3) is 0.250. The van der Waals surface area contributed by atoms with Gasteiger partial charge in [0.05, 0.1) is 0 Å². The molecule has 0 radical (unpaired) electrons. The normalized spacial score (nSPS) is 10.6. The molecule has 1 N–H and O–H groups in total. The molecule has 0 aliphatic carbocycles. The van der Waals surface area contributed by atoms with E-state index in [1.165, 1.54) is 5.56 Å². The Hall–Kier alpha value is -1.13. The molecule has 84 valence electrons. The Labute approximate surface area is 103 Å². The van der Waals surface area contributed by atoms with Gasteiger partial charge in [-0.15, -0.1) is 0 Å². The van der Waals surface area contributed by atoms with Gasteiger partial charge in [0.2, 0.25) is 0 Å². The van der Waals surface area contributed by atoms with Crippen LogP contribution in [-0.2, 0) is 13.0 Å². The molecule has 0 saturated heterocycles. The van der Waals surface area contributed by atoms with Gasteiger partial charge >= 0.3 is 0 Å². The quantitative estimate of drug-likeness (QED) is 0.856. The molecule has 0 saturated carbocycles. The van der Waals surface area contributed by atoms with Crippen LogP contribution in [-0.4, -0.2) is 11.5 Å². The summed E-state index contributed by atoms with van der Waals surface area (Å²) < 4.78 is 6.19.